The van der Waals surface area contributed by atoms with Gasteiger partial charge in [0.05, 0.1) is 19.7 Å². The van der Waals surface area contributed by atoms with E-state index < -0.39 is 0 Å². The predicted molar refractivity (Wildman–Crippen MR) is 126 cm³/mol. The third kappa shape index (κ3) is 3.71. The molecule has 1 aliphatic heterocycles. The zero-order valence-corrected chi connectivity index (χ0v) is 18.0. The molecule has 0 aliphatic carbocycles. The average molecular weight is 425 g/mol. The summed E-state index contributed by atoms with van der Waals surface area (Å²) in [6.45, 7) is 0.852. The van der Waals surface area contributed by atoms with Crippen molar-refractivity contribution in [2.45, 2.75) is 6.42 Å². The van der Waals surface area contributed by atoms with Gasteiger partial charge in [-0.05, 0) is 66.6 Å². The molecule has 0 bridgehead atoms. The smallest absolute Gasteiger partial charge is 0.255 e. The average Bonchev–Trinajstić information content (AvgIpc) is 3.25. The quantitative estimate of drug-likeness (QED) is 0.476. The van der Waals surface area contributed by atoms with Crippen molar-refractivity contribution in [1.29, 1.82) is 0 Å². The minimum atomic E-state index is -0.164. The van der Waals surface area contributed by atoms with Gasteiger partial charge in [0, 0.05) is 41.0 Å². The number of pyridine rings is 1. The number of ether oxygens (including phenoxy) is 2. The van der Waals surface area contributed by atoms with Gasteiger partial charge in [0.1, 0.15) is 17.3 Å². The van der Waals surface area contributed by atoms with E-state index in [0.29, 0.717) is 17.0 Å². The molecule has 6 nitrogen and oxygen atoms in total. The maximum atomic E-state index is 12.7. The number of anilines is 3. The molecule has 0 fully saturated rings. The lowest BCUT2D eigenvalue weighted by atomic mass is 10.1. The van der Waals surface area contributed by atoms with Crippen LogP contribution in [-0.2, 0) is 6.42 Å². The molecule has 2 heterocycles. The van der Waals surface area contributed by atoms with Crippen LogP contribution in [0.25, 0.3) is 10.9 Å². The lowest BCUT2D eigenvalue weighted by Gasteiger charge is -2.19. The Morgan fingerprint density at radius 2 is 1.72 bits per heavy atom. The van der Waals surface area contributed by atoms with E-state index in [4.69, 9.17) is 14.5 Å². The second-order valence-corrected chi connectivity index (χ2v) is 7.66. The lowest BCUT2D eigenvalue weighted by Crippen LogP contribution is -2.15. The van der Waals surface area contributed by atoms with Crippen LogP contribution in [0.3, 0.4) is 0 Å². The monoisotopic (exact) mass is 425 g/mol. The second kappa shape index (κ2) is 8.23. The zero-order valence-electron chi connectivity index (χ0n) is 18.0. The van der Waals surface area contributed by atoms with Gasteiger partial charge in [0.15, 0.2) is 0 Å². The van der Waals surface area contributed by atoms with Crippen LogP contribution in [0, 0.1) is 0 Å². The molecule has 0 atom stereocenters. The number of carbonyl (C=O) groups excluding carboxylic acids is 1. The first-order valence-corrected chi connectivity index (χ1v) is 10.5. The van der Waals surface area contributed by atoms with Crippen molar-refractivity contribution >= 4 is 34.0 Å². The van der Waals surface area contributed by atoms with E-state index >= 15 is 0 Å². The van der Waals surface area contributed by atoms with Gasteiger partial charge < -0.3 is 19.7 Å². The molecule has 6 heteroatoms. The van der Waals surface area contributed by atoms with Crippen LogP contribution in [-0.4, -0.2) is 31.7 Å². The van der Waals surface area contributed by atoms with Gasteiger partial charge in [0.2, 0.25) is 0 Å². The van der Waals surface area contributed by atoms with Crippen LogP contribution in [0.2, 0.25) is 0 Å². The van der Waals surface area contributed by atoms with E-state index in [1.165, 1.54) is 5.56 Å². The summed E-state index contributed by atoms with van der Waals surface area (Å²) in [6.07, 6.45) is 0.933. The molecule has 1 amide bonds. The molecular formula is C26H23N3O3. The van der Waals surface area contributed by atoms with Gasteiger partial charge in [-0.3, -0.25) is 4.79 Å². The number of hydrogen-bond donors (Lipinski definition) is 1. The highest BCUT2D eigenvalue weighted by Crippen LogP contribution is 2.35. The first-order valence-electron chi connectivity index (χ1n) is 10.5. The molecule has 0 radical (unpaired) electrons. The first kappa shape index (κ1) is 19.9. The van der Waals surface area contributed by atoms with E-state index in [-0.39, 0.29) is 5.91 Å². The van der Waals surface area contributed by atoms with E-state index in [9.17, 15) is 4.79 Å². The van der Waals surface area contributed by atoms with Crippen LogP contribution in [0.15, 0.2) is 72.8 Å². The zero-order chi connectivity index (χ0) is 22.1. The number of benzene rings is 3. The van der Waals surface area contributed by atoms with E-state index in [1.54, 1.807) is 20.3 Å². The molecular weight excluding hydrogens is 402 g/mol. The fraction of sp³-hybridized carbons (Fsp3) is 0.154. The highest BCUT2D eigenvalue weighted by molar-refractivity contribution is 6.04. The topological polar surface area (TPSA) is 63.7 Å². The van der Waals surface area contributed by atoms with Gasteiger partial charge in [0.25, 0.3) is 5.91 Å². The number of fused-ring (bicyclic) bond motifs is 2. The Kier molecular flexibility index (Phi) is 5.11. The van der Waals surface area contributed by atoms with Crippen LogP contribution >= 0.6 is 0 Å². The summed E-state index contributed by atoms with van der Waals surface area (Å²) in [4.78, 5) is 19.8. The maximum absolute atomic E-state index is 12.7. The summed E-state index contributed by atoms with van der Waals surface area (Å²) in [5.74, 6) is 2.28. The Balaban J connectivity index is 1.38. The highest BCUT2D eigenvalue weighted by atomic mass is 16.5. The largest absolute Gasteiger partial charge is 0.497 e. The van der Waals surface area contributed by atoms with E-state index in [0.717, 1.165) is 41.1 Å². The molecule has 0 spiro atoms. The summed E-state index contributed by atoms with van der Waals surface area (Å²) >= 11 is 0. The molecule has 1 N–H and O–H groups in total. The standard InChI is InChI=1S/C26H23N3O3/c1-31-22-5-3-4-20(15-22)27-26(30)17-6-9-21(10-7-17)29-13-12-19-14-18-8-11-23(32-2)16-24(18)28-25(19)29/h3-11,14-16H,12-13H2,1-2H3,(H,27,30). The van der Waals surface area contributed by atoms with Gasteiger partial charge in [-0.1, -0.05) is 6.07 Å². The summed E-state index contributed by atoms with van der Waals surface area (Å²) in [6, 6.07) is 23.1. The van der Waals surface area contributed by atoms with Crippen molar-refractivity contribution in [2.24, 2.45) is 0 Å². The number of hydrogen-bond acceptors (Lipinski definition) is 5. The molecule has 0 saturated heterocycles. The van der Waals surface area contributed by atoms with E-state index in [2.05, 4.69) is 16.3 Å². The first-order chi connectivity index (χ1) is 15.6. The Morgan fingerprint density at radius 3 is 2.50 bits per heavy atom. The normalized spacial score (nSPS) is 12.5. The van der Waals surface area contributed by atoms with Crippen LogP contribution in [0.1, 0.15) is 15.9 Å². The number of aromatic nitrogens is 1. The van der Waals surface area contributed by atoms with Crippen molar-refractivity contribution in [3.05, 3.63) is 83.9 Å². The fourth-order valence-electron chi connectivity index (χ4n) is 4.01. The molecule has 4 aromatic rings. The summed E-state index contributed by atoms with van der Waals surface area (Å²) in [7, 11) is 3.26. The minimum absolute atomic E-state index is 0.164. The number of methoxy groups -OCH3 is 2. The molecule has 1 aliphatic rings. The summed E-state index contributed by atoms with van der Waals surface area (Å²) in [5.41, 5.74) is 4.42. The predicted octanol–water partition coefficient (Wildman–Crippen LogP) is 5.20. The van der Waals surface area contributed by atoms with Gasteiger partial charge >= 0.3 is 0 Å². The maximum Gasteiger partial charge on any atom is 0.255 e. The molecule has 160 valence electrons. The second-order valence-electron chi connectivity index (χ2n) is 7.66. The summed E-state index contributed by atoms with van der Waals surface area (Å²) < 4.78 is 10.6. The lowest BCUT2D eigenvalue weighted by molar-refractivity contribution is 0.102. The van der Waals surface area contributed by atoms with Crippen molar-refractivity contribution in [2.75, 3.05) is 31.0 Å². The Bertz CT molecular complexity index is 1300. The molecule has 3 aromatic carbocycles. The summed E-state index contributed by atoms with van der Waals surface area (Å²) in [5, 5.41) is 4.02. The molecule has 1 aromatic heterocycles. The van der Waals surface area contributed by atoms with Crippen molar-refractivity contribution in [3.8, 4) is 11.5 Å². The van der Waals surface area contributed by atoms with Gasteiger partial charge in [-0.25, -0.2) is 4.98 Å². The Labute approximate surface area is 186 Å². The number of carbonyl (C=O) groups is 1. The fourth-order valence-corrected chi connectivity index (χ4v) is 4.01. The Hall–Kier alpha value is -4.06. The van der Waals surface area contributed by atoms with Crippen LogP contribution in [0.4, 0.5) is 17.2 Å². The molecule has 32 heavy (non-hydrogen) atoms. The van der Waals surface area contributed by atoms with Gasteiger partial charge in [-0.2, -0.15) is 0 Å². The minimum Gasteiger partial charge on any atom is -0.497 e. The van der Waals surface area contributed by atoms with Crippen molar-refractivity contribution in [1.82, 2.24) is 4.98 Å². The van der Waals surface area contributed by atoms with Crippen molar-refractivity contribution in [3.63, 3.8) is 0 Å². The third-order valence-corrected chi connectivity index (χ3v) is 5.71. The van der Waals surface area contributed by atoms with Crippen LogP contribution in [0.5, 0.6) is 11.5 Å². The Morgan fingerprint density at radius 1 is 0.938 bits per heavy atom. The molecule has 0 saturated carbocycles. The van der Waals surface area contributed by atoms with Crippen LogP contribution < -0.4 is 19.7 Å². The number of amides is 1. The number of rotatable bonds is 5. The molecule has 5 rings (SSSR count). The van der Waals surface area contributed by atoms with E-state index in [1.807, 2.05) is 60.7 Å². The number of nitrogens with zero attached hydrogens (tertiary/aromatic N) is 2. The van der Waals surface area contributed by atoms with Gasteiger partial charge in [-0.15, -0.1) is 0 Å². The number of nitrogens with one attached hydrogen (secondary N) is 1. The van der Waals surface area contributed by atoms with Crippen molar-refractivity contribution < 1.29 is 14.3 Å². The molecule has 0 unspecified atom stereocenters. The highest BCUT2D eigenvalue weighted by Gasteiger charge is 2.23. The third-order valence-electron chi connectivity index (χ3n) is 5.71. The SMILES string of the molecule is COc1cccc(NC(=O)c2ccc(N3CCc4cc5ccc(OC)cc5nc43)cc2)c1.